The summed E-state index contributed by atoms with van der Waals surface area (Å²) in [5.74, 6) is 0.260. The quantitative estimate of drug-likeness (QED) is 0.640. The van der Waals surface area contributed by atoms with E-state index in [9.17, 15) is 18.0 Å². The molecule has 1 heterocycles. The van der Waals surface area contributed by atoms with Gasteiger partial charge in [0.2, 0.25) is 5.91 Å². The molecule has 26 heavy (non-hydrogen) atoms. The maximum Gasteiger partial charge on any atom is 0.394 e. The first kappa shape index (κ1) is 23.3. The zero-order valence-corrected chi connectivity index (χ0v) is 17.3. The second-order valence-corrected chi connectivity index (χ2v) is 10.1. The number of nitrogens with zero attached hydrogens (tertiary/aromatic N) is 1. The molecule has 0 spiro atoms. The van der Waals surface area contributed by atoms with Gasteiger partial charge in [-0.1, -0.05) is 48.0 Å². The van der Waals surface area contributed by atoms with Crippen molar-refractivity contribution < 1.29 is 22.7 Å². The third-order valence-corrected chi connectivity index (χ3v) is 4.83. The van der Waals surface area contributed by atoms with Gasteiger partial charge in [0.15, 0.2) is 0 Å². The third kappa shape index (κ3) is 7.45. The zero-order valence-electron chi connectivity index (χ0n) is 17.3. The van der Waals surface area contributed by atoms with Crippen molar-refractivity contribution >= 4 is 5.91 Å². The molecule has 0 unspecified atom stereocenters. The number of hydrogen-bond acceptors (Lipinski definition) is 2. The molecule has 0 radical (unpaired) electrons. The van der Waals surface area contributed by atoms with Gasteiger partial charge in [0.1, 0.15) is 0 Å². The normalized spacial score (nSPS) is 20.7. The largest absolute Gasteiger partial charge is 0.394 e. The van der Waals surface area contributed by atoms with E-state index in [1.54, 1.807) is 0 Å². The van der Waals surface area contributed by atoms with Crippen LogP contribution in [0.5, 0.6) is 0 Å². The van der Waals surface area contributed by atoms with Crippen LogP contribution in [0.4, 0.5) is 13.2 Å². The van der Waals surface area contributed by atoms with Gasteiger partial charge in [-0.3, -0.25) is 4.79 Å². The number of carbonyl (C=O) groups excluding carboxylic acids is 1. The topological polar surface area (TPSA) is 29.5 Å². The van der Waals surface area contributed by atoms with Gasteiger partial charge in [0.05, 0.1) is 18.6 Å². The van der Waals surface area contributed by atoms with Gasteiger partial charge in [-0.15, -0.1) is 0 Å². The summed E-state index contributed by atoms with van der Waals surface area (Å²) in [4.78, 5) is 13.6. The Morgan fingerprint density at radius 3 is 1.73 bits per heavy atom. The van der Waals surface area contributed by atoms with Gasteiger partial charge >= 0.3 is 6.18 Å². The standard InChI is InChI=1S/C10H17F3.C10H19NO2/c1-8(2,3)7-9(5-4-6-9)10(11,12)13;1-10(2,3)8-9(12)11-4-6-13-7-5-11/h4-7H2,1-3H3;4-8H2,1-3H3. The Balaban J connectivity index is 0.000000260. The summed E-state index contributed by atoms with van der Waals surface area (Å²) < 4.78 is 43.2. The predicted molar refractivity (Wildman–Crippen MR) is 97.9 cm³/mol. The van der Waals surface area contributed by atoms with Crippen LogP contribution < -0.4 is 0 Å². The summed E-state index contributed by atoms with van der Waals surface area (Å²) in [5, 5.41) is 0. The number of rotatable bonds is 2. The molecular formula is C20H36F3NO2. The Labute approximate surface area is 156 Å². The highest BCUT2D eigenvalue weighted by atomic mass is 19.4. The monoisotopic (exact) mass is 379 g/mol. The number of morpholine rings is 1. The fourth-order valence-electron chi connectivity index (χ4n) is 3.56. The lowest BCUT2D eigenvalue weighted by molar-refractivity contribution is -0.260. The SMILES string of the molecule is CC(C)(C)CC(=O)N1CCOCC1.CC(C)(C)CC1(C(F)(F)F)CCC1. The highest BCUT2D eigenvalue weighted by Gasteiger charge is 2.58. The molecule has 0 aromatic rings. The molecule has 1 saturated heterocycles. The van der Waals surface area contributed by atoms with Crippen LogP contribution in [0.3, 0.4) is 0 Å². The minimum Gasteiger partial charge on any atom is -0.378 e. The fraction of sp³-hybridized carbons (Fsp3) is 0.950. The van der Waals surface area contributed by atoms with Crippen LogP contribution in [0.1, 0.15) is 73.6 Å². The maximum absolute atomic E-state index is 12.7. The van der Waals surface area contributed by atoms with Crippen LogP contribution >= 0.6 is 0 Å². The van der Waals surface area contributed by atoms with E-state index in [0.29, 0.717) is 32.5 Å². The minimum atomic E-state index is -4.00. The summed E-state index contributed by atoms with van der Waals surface area (Å²) in [6, 6.07) is 0. The van der Waals surface area contributed by atoms with Crippen molar-refractivity contribution in [2.24, 2.45) is 16.2 Å². The van der Waals surface area contributed by atoms with E-state index < -0.39 is 11.6 Å². The highest BCUT2D eigenvalue weighted by Crippen LogP contribution is 2.58. The lowest BCUT2D eigenvalue weighted by Gasteiger charge is -2.46. The number of amides is 1. The Morgan fingerprint density at radius 1 is 0.962 bits per heavy atom. The molecule has 1 aliphatic carbocycles. The van der Waals surface area contributed by atoms with Crippen molar-refractivity contribution in [2.75, 3.05) is 26.3 Å². The molecule has 154 valence electrons. The first-order valence-electron chi connectivity index (χ1n) is 9.58. The molecule has 1 amide bonds. The van der Waals surface area contributed by atoms with Crippen molar-refractivity contribution in [2.45, 2.75) is 79.8 Å². The van der Waals surface area contributed by atoms with E-state index in [0.717, 1.165) is 19.5 Å². The number of ether oxygens (including phenoxy) is 1. The molecule has 2 rings (SSSR count). The van der Waals surface area contributed by atoms with Gasteiger partial charge in [-0.25, -0.2) is 0 Å². The average Bonchev–Trinajstić information content (AvgIpc) is 2.40. The van der Waals surface area contributed by atoms with Gasteiger partial charge in [-0.2, -0.15) is 13.2 Å². The molecule has 2 aliphatic rings. The van der Waals surface area contributed by atoms with E-state index >= 15 is 0 Å². The van der Waals surface area contributed by atoms with E-state index in [4.69, 9.17) is 4.74 Å². The van der Waals surface area contributed by atoms with Crippen LogP contribution in [-0.2, 0) is 9.53 Å². The van der Waals surface area contributed by atoms with E-state index in [1.165, 1.54) is 0 Å². The van der Waals surface area contributed by atoms with Crippen molar-refractivity contribution in [1.82, 2.24) is 4.90 Å². The van der Waals surface area contributed by atoms with Crippen LogP contribution in [0.25, 0.3) is 0 Å². The van der Waals surface area contributed by atoms with Gasteiger partial charge in [0.25, 0.3) is 0 Å². The minimum absolute atomic E-state index is 0.0926. The summed E-state index contributed by atoms with van der Waals surface area (Å²) >= 11 is 0. The van der Waals surface area contributed by atoms with Crippen LogP contribution in [-0.4, -0.2) is 43.3 Å². The molecular weight excluding hydrogens is 343 g/mol. The number of carbonyl (C=O) groups is 1. The Hall–Kier alpha value is -0.780. The van der Waals surface area contributed by atoms with Crippen LogP contribution in [0.15, 0.2) is 0 Å². The Morgan fingerprint density at radius 2 is 1.46 bits per heavy atom. The van der Waals surface area contributed by atoms with Crippen molar-refractivity contribution in [3.8, 4) is 0 Å². The second kappa shape index (κ2) is 8.49. The first-order valence-corrected chi connectivity index (χ1v) is 9.58. The molecule has 2 fully saturated rings. The van der Waals surface area contributed by atoms with Crippen molar-refractivity contribution in [3.63, 3.8) is 0 Å². The van der Waals surface area contributed by atoms with Crippen LogP contribution in [0.2, 0.25) is 0 Å². The fourth-order valence-corrected chi connectivity index (χ4v) is 3.56. The van der Waals surface area contributed by atoms with Crippen LogP contribution in [0, 0.1) is 16.2 Å². The number of halogens is 3. The highest BCUT2D eigenvalue weighted by molar-refractivity contribution is 5.76. The summed E-state index contributed by atoms with van der Waals surface area (Å²) in [5.41, 5.74) is -1.49. The van der Waals surface area contributed by atoms with E-state index in [-0.39, 0.29) is 23.2 Å². The third-order valence-electron chi connectivity index (χ3n) is 4.83. The lowest BCUT2D eigenvalue weighted by atomic mass is 9.61. The molecule has 1 aliphatic heterocycles. The molecule has 0 aromatic carbocycles. The molecule has 0 aromatic heterocycles. The summed E-state index contributed by atoms with van der Waals surface area (Å²) in [6.45, 7) is 14.8. The van der Waals surface area contributed by atoms with Gasteiger partial charge in [-0.05, 0) is 30.1 Å². The molecule has 6 heteroatoms. The second-order valence-electron chi connectivity index (χ2n) is 10.1. The Kier molecular flexibility index (Phi) is 7.59. The first-order chi connectivity index (χ1) is 11.7. The predicted octanol–water partition coefficient (Wildman–Crippen LogP) is 5.44. The Bertz CT molecular complexity index is 451. The number of hydrogen-bond donors (Lipinski definition) is 0. The average molecular weight is 380 g/mol. The zero-order chi connectivity index (χ0) is 20.2. The molecule has 3 nitrogen and oxygen atoms in total. The van der Waals surface area contributed by atoms with Crippen molar-refractivity contribution in [1.29, 1.82) is 0 Å². The lowest BCUT2D eigenvalue weighted by Crippen LogP contribution is -2.46. The summed E-state index contributed by atoms with van der Waals surface area (Å²) in [6.07, 6.45) is -1.72. The van der Waals surface area contributed by atoms with E-state index in [2.05, 4.69) is 20.8 Å². The molecule has 0 bridgehead atoms. The smallest absolute Gasteiger partial charge is 0.378 e. The summed E-state index contributed by atoms with van der Waals surface area (Å²) in [7, 11) is 0. The van der Waals surface area contributed by atoms with E-state index in [1.807, 2.05) is 25.7 Å². The number of alkyl halides is 3. The van der Waals surface area contributed by atoms with Crippen molar-refractivity contribution in [3.05, 3.63) is 0 Å². The van der Waals surface area contributed by atoms with Gasteiger partial charge < -0.3 is 9.64 Å². The molecule has 0 atom stereocenters. The molecule has 1 saturated carbocycles. The van der Waals surface area contributed by atoms with Gasteiger partial charge in [0, 0.05) is 19.5 Å². The maximum atomic E-state index is 12.7. The molecule has 0 N–H and O–H groups in total.